The van der Waals surface area contributed by atoms with Gasteiger partial charge in [-0.3, -0.25) is 14.9 Å². The number of carbonyl (C=O) groups is 1. The Bertz CT molecular complexity index is 863. The zero-order valence-electron chi connectivity index (χ0n) is 12.9. The van der Waals surface area contributed by atoms with E-state index in [9.17, 15) is 23.3 Å². The van der Waals surface area contributed by atoms with Crippen molar-refractivity contribution in [2.24, 2.45) is 0 Å². The first-order chi connectivity index (χ1) is 11.3. The van der Waals surface area contributed by atoms with Crippen molar-refractivity contribution in [3.63, 3.8) is 0 Å². The summed E-state index contributed by atoms with van der Waals surface area (Å²) in [5.74, 6) is -0.962. The number of aryl methyl sites for hydroxylation is 1. The number of nitrogens with zero attached hydrogens (tertiary/aromatic N) is 1. The largest absolute Gasteiger partial charge is 0.351 e. The predicted octanol–water partition coefficient (Wildman–Crippen LogP) is 2.11. The van der Waals surface area contributed by atoms with Crippen molar-refractivity contribution < 1.29 is 18.1 Å². The summed E-state index contributed by atoms with van der Waals surface area (Å²) in [4.78, 5) is 22.8. The fraction of sp³-hybridized carbons (Fsp3) is 0.188. The summed E-state index contributed by atoms with van der Waals surface area (Å²) in [6, 6.07) is 12.3. The Balaban J connectivity index is 2.07. The summed E-state index contributed by atoms with van der Waals surface area (Å²) in [6.07, 6.45) is 0. The molecule has 0 aliphatic rings. The minimum atomic E-state index is -3.52. The smallest absolute Gasteiger partial charge is 0.285 e. The second-order valence-corrected chi connectivity index (χ2v) is 7.23. The van der Waals surface area contributed by atoms with E-state index in [1.165, 1.54) is 37.3 Å². The molecule has 0 unspecified atom stereocenters. The lowest BCUT2D eigenvalue weighted by Crippen LogP contribution is -2.29. The van der Waals surface area contributed by atoms with Crippen LogP contribution >= 0.6 is 0 Å². The fourth-order valence-corrected chi connectivity index (χ4v) is 3.40. The Hall–Kier alpha value is -2.74. The van der Waals surface area contributed by atoms with E-state index in [1.54, 1.807) is 18.2 Å². The molecule has 0 aromatic heterocycles. The number of amides is 1. The number of hydrogen-bond donors (Lipinski definition) is 1. The lowest BCUT2D eigenvalue weighted by molar-refractivity contribution is -0.385. The van der Waals surface area contributed by atoms with E-state index in [1.807, 2.05) is 0 Å². The second-order valence-electron chi connectivity index (χ2n) is 5.12. The molecule has 0 spiro atoms. The molecular formula is C16H16N2O5S. The third-order valence-electron chi connectivity index (χ3n) is 3.42. The van der Waals surface area contributed by atoms with E-state index in [4.69, 9.17) is 0 Å². The first-order valence-corrected chi connectivity index (χ1v) is 8.78. The highest BCUT2D eigenvalue weighted by Crippen LogP contribution is 2.22. The molecule has 2 rings (SSSR count). The lowest BCUT2D eigenvalue weighted by atomic mass is 10.1. The van der Waals surface area contributed by atoms with Crippen LogP contribution in [0, 0.1) is 17.0 Å². The number of carbonyl (C=O) groups excluding carboxylic acids is 1. The Morgan fingerprint density at radius 1 is 1.12 bits per heavy atom. The predicted molar refractivity (Wildman–Crippen MR) is 88.7 cm³/mol. The van der Waals surface area contributed by atoms with Gasteiger partial charge in [0.25, 0.3) is 11.6 Å². The van der Waals surface area contributed by atoms with Gasteiger partial charge in [0.2, 0.25) is 0 Å². The first kappa shape index (κ1) is 17.6. The van der Waals surface area contributed by atoms with Gasteiger partial charge in [-0.15, -0.1) is 0 Å². The van der Waals surface area contributed by atoms with Gasteiger partial charge in [0.1, 0.15) is 5.56 Å². The van der Waals surface area contributed by atoms with E-state index < -0.39 is 20.7 Å². The molecule has 0 bridgehead atoms. The van der Waals surface area contributed by atoms with Crippen LogP contribution in [0.3, 0.4) is 0 Å². The SMILES string of the molecule is Cc1cccc(C(=O)NCCS(=O)(=O)c2ccccc2)c1[N+](=O)[O-]. The molecule has 24 heavy (non-hydrogen) atoms. The van der Waals surface area contributed by atoms with Crippen LogP contribution in [0.5, 0.6) is 0 Å². The van der Waals surface area contributed by atoms with Crippen LogP contribution in [-0.2, 0) is 9.84 Å². The Kier molecular flexibility index (Phi) is 5.30. The maximum Gasteiger partial charge on any atom is 0.285 e. The molecular weight excluding hydrogens is 332 g/mol. The van der Waals surface area contributed by atoms with E-state index in [0.717, 1.165) is 0 Å². The number of nitro groups is 1. The topological polar surface area (TPSA) is 106 Å². The minimum absolute atomic E-state index is 0.0860. The molecule has 0 saturated heterocycles. The third kappa shape index (κ3) is 3.96. The van der Waals surface area contributed by atoms with Gasteiger partial charge in [-0.05, 0) is 25.1 Å². The zero-order chi connectivity index (χ0) is 17.7. The van der Waals surface area contributed by atoms with Crippen molar-refractivity contribution in [1.29, 1.82) is 0 Å². The van der Waals surface area contributed by atoms with Gasteiger partial charge in [0, 0.05) is 12.1 Å². The summed E-state index contributed by atoms with van der Waals surface area (Å²) in [7, 11) is -3.52. The summed E-state index contributed by atoms with van der Waals surface area (Å²) in [6.45, 7) is 1.40. The van der Waals surface area contributed by atoms with Crippen LogP contribution < -0.4 is 5.32 Å². The quantitative estimate of drug-likeness (QED) is 0.635. The van der Waals surface area contributed by atoms with Gasteiger partial charge < -0.3 is 5.32 Å². The highest BCUT2D eigenvalue weighted by molar-refractivity contribution is 7.91. The zero-order valence-corrected chi connectivity index (χ0v) is 13.7. The van der Waals surface area contributed by atoms with E-state index in [2.05, 4.69) is 5.32 Å². The van der Waals surface area contributed by atoms with Crippen molar-refractivity contribution in [2.75, 3.05) is 12.3 Å². The van der Waals surface area contributed by atoms with Crippen LogP contribution in [-0.4, -0.2) is 31.5 Å². The van der Waals surface area contributed by atoms with Crippen molar-refractivity contribution in [1.82, 2.24) is 5.32 Å². The lowest BCUT2D eigenvalue weighted by Gasteiger charge is -2.08. The Labute approximate surface area is 139 Å². The molecule has 8 heteroatoms. The minimum Gasteiger partial charge on any atom is -0.351 e. The molecule has 0 aliphatic heterocycles. The van der Waals surface area contributed by atoms with Crippen LogP contribution in [0.2, 0.25) is 0 Å². The fourth-order valence-electron chi connectivity index (χ4n) is 2.22. The number of nitro benzene ring substituents is 1. The number of rotatable bonds is 6. The Morgan fingerprint density at radius 2 is 1.79 bits per heavy atom. The van der Waals surface area contributed by atoms with Crippen LogP contribution in [0.1, 0.15) is 15.9 Å². The van der Waals surface area contributed by atoms with Crippen molar-refractivity contribution >= 4 is 21.4 Å². The highest BCUT2D eigenvalue weighted by atomic mass is 32.2. The van der Waals surface area contributed by atoms with Gasteiger partial charge in [-0.25, -0.2) is 8.42 Å². The van der Waals surface area contributed by atoms with Crippen LogP contribution in [0.4, 0.5) is 5.69 Å². The number of nitrogens with one attached hydrogen (secondary N) is 1. The van der Waals surface area contributed by atoms with E-state index >= 15 is 0 Å². The molecule has 0 heterocycles. The van der Waals surface area contributed by atoms with Gasteiger partial charge >= 0.3 is 0 Å². The molecule has 7 nitrogen and oxygen atoms in total. The van der Waals surface area contributed by atoms with Crippen LogP contribution in [0.25, 0.3) is 0 Å². The molecule has 1 N–H and O–H groups in total. The van der Waals surface area contributed by atoms with Crippen LogP contribution in [0.15, 0.2) is 53.4 Å². The summed E-state index contributed by atoms with van der Waals surface area (Å²) in [5.41, 5.74) is 0.00239. The van der Waals surface area contributed by atoms with E-state index in [-0.39, 0.29) is 28.4 Å². The highest BCUT2D eigenvalue weighted by Gasteiger charge is 2.22. The van der Waals surface area contributed by atoms with Gasteiger partial charge in [0.05, 0.1) is 15.6 Å². The molecule has 0 saturated carbocycles. The normalized spacial score (nSPS) is 11.0. The first-order valence-electron chi connectivity index (χ1n) is 7.13. The average Bonchev–Trinajstić information content (AvgIpc) is 2.54. The maximum atomic E-state index is 12.1. The van der Waals surface area contributed by atoms with E-state index in [0.29, 0.717) is 5.56 Å². The molecule has 2 aromatic rings. The average molecular weight is 348 g/mol. The van der Waals surface area contributed by atoms with Gasteiger partial charge in [-0.1, -0.05) is 30.3 Å². The summed E-state index contributed by atoms with van der Waals surface area (Å²) < 4.78 is 24.2. The van der Waals surface area contributed by atoms with Gasteiger partial charge in [0.15, 0.2) is 9.84 Å². The summed E-state index contributed by atoms with van der Waals surface area (Å²) >= 11 is 0. The number of benzene rings is 2. The molecule has 0 aliphatic carbocycles. The standard InChI is InChI=1S/C16H16N2O5S/c1-12-6-5-9-14(15(12)18(20)21)16(19)17-10-11-24(22,23)13-7-3-2-4-8-13/h2-9H,10-11H2,1H3,(H,17,19). The Morgan fingerprint density at radius 3 is 2.42 bits per heavy atom. The van der Waals surface area contributed by atoms with Gasteiger partial charge in [-0.2, -0.15) is 0 Å². The third-order valence-corrected chi connectivity index (χ3v) is 5.16. The number of hydrogen-bond acceptors (Lipinski definition) is 5. The molecule has 0 atom stereocenters. The van der Waals surface area contributed by atoms with Crippen molar-refractivity contribution in [2.45, 2.75) is 11.8 Å². The maximum absolute atomic E-state index is 12.1. The second kappa shape index (κ2) is 7.22. The molecule has 2 aromatic carbocycles. The number of sulfone groups is 1. The monoisotopic (exact) mass is 348 g/mol. The summed E-state index contributed by atoms with van der Waals surface area (Å²) in [5, 5.41) is 13.5. The molecule has 1 amide bonds. The van der Waals surface area contributed by atoms with Crippen molar-refractivity contribution in [3.8, 4) is 0 Å². The van der Waals surface area contributed by atoms with Crippen molar-refractivity contribution in [3.05, 3.63) is 69.8 Å². The molecule has 0 radical (unpaired) electrons. The number of para-hydroxylation sites is 1. The molecule has 0 fully saturated rings. The molecule has 126 valence electrons.